The van der Waals surface area contributed by atoms with E-state index in [9.17, 15) is 13.2 Å². The highest BCUT2D eigenvalue weighted by atomic mass is 32.2. The second-order valence-electron chi connectivity index (χ2n) is 11.9. The number of pyridine rings is 1. The lowest BCUT2D eigenvalue weighted by Crippen LogP contribution is -2.33. The van der Waals surface area contributed by atoms with Crippen molar-refractivity contribution >= 4 is 15.9 Å². The van der Waals surface area contributed by atoms with E-state index in [4.69, 9.17) is 9.72 Å². The molecule has 2 N–H and O–H groups in total. The van der Waals surface area contributed by atoms with Gasteiger partial charge in [-0.15, -0.1) is 5.10 Å². The first-order valence-electron chi connectivity index (χ1n) is 12.4. The zero-order valence-electron chi connectivity index (χ0n) is 22.5. The SMILES string of the molecule is Cc1[nH]ncc1S(=O)(=O)NC(=O)c1ccc(-n2ccc(OCC(C)(C)C)n2)nc1C1C[C@@H](C)CC1(C)C. The number of carbonyl (C=O) groups excluding carboxylic acids is 1. The van der Waals surface area contributed by atoms with Crippen LogP contribution in [0, 0.1) is 23.7 Å². The highest BCUT2D eigenvalue weighted by molar-refractivity contribution is 7.90. The monoisotopic (exact) mass is 528 g/mol. The van der Waals surface area contributed by atoms with Gasteiger partial charge in [-0.25, -0.2) is 22.8 Å². The average molecular weight is 529 g/mol. The Balaban J connectivity index is 1.70. The number of amides is 1. The van der Waals surface area contributed by atoms with Crippen LogP contribution in [-0.2, 0) is 10.0 Å². The largest absolute Gasteiger partial charge is 0.476 e. The maximum atomic E-state index is 13.4. The number of aromatic amines is 1. The van der Waals surface area contributed by atoms with Crippen LogP contribution in [0.3, 0.4) is 0 Å². The summed E-state index contributed by atoms with van der Waals surface area (Å²) in [6, 6.07) is 5.07. The molecule has 3 aromatic heterocycles. The van der Waals surface area contributed by atoms with Crippen molar-refractivity contribution in [2.24, 2.45) is 16.7 Å². The van der Waals surface area contributed by atoms with E-state index < -0.39 is 15.9 Å². The van der Waals surface area contributed by atoms with E-state index in [0.717, 1.165) is 12.8 Å². The van der Waals surface area contributed by atoms with Crippen LogP contribution in [0.1, 0.15) is 82.0 Å². The van der Waals surface area contributed by atoms with Crippen LogP contribution in [0.2, 0.25) is 0 Å². The van der Waals surface area contributed by atoms with Crippen molar-refractivity contribution in [1.29, 1.82) is 0 Å². The van der Waals surface area contributed by atoms with Gasteiger partial charge in [-0.1, -0.05) is 41.5 Å². The highest BCUT2D eigenvalue weighted by Crippen LogP contribution is 2.51. The summed E-state index contributed by atoms with van der Waals surface area (Å²) in [5.74, 6) is 0.701. The minimum absolute atomic E-state index is 0.00963. The molecular weight excluding hydrogens is 492 g/mol. The fraction of sp³-hybridized carbons (Fsp3) is 0.538. The molecule has 4 rings (SSSR count). The molecule has 10 nitrogen and oxygen atoms in total. The highest BCUT2D eigenvalue weighted by Gasteiger charge is 2.42. The van der Waals surface area contributed by atoms with Gasteiger partial charge in [0.25, 0.3) is 15.9 Å². The zero-order chi connectivity index (χ0) is 27.2. The summed E-state index contributed by atoms with van der Waals surface area (Å²) in [4.78, 5) is 18.2. The van der Waals surface area contributed by atoms with E-state index in [1.54, 1.807) is 36.0 Å². The Morgan fingerprint density at radius 2 is 2.00 bits per heavy atom. The molecule has 2 atom stereocenters. The van der Waals surface area contributed by atoms with Crippen LogP contribution < -0.4 is 9.46 Å². The Bertz CT molecular complexity index is 1400. The summed E-state index contributed by atoms with van der Waals surface area (Å²) in [6.07, 6.45) is 4.77. The minimum Gasteiger partial charge on any atom is -0.476 e. The number of sulfonamides is 1. The van der Waals surface area contributed by atoms with Gasteiger partial charge in [-0.2, -0.15) is 5.10 Å². The fourth-order valence-corrected chi connectivity index (χ4v) is 6.13. The summed E-state index contributed by atoms with van der Waals surface area (Å²) in [7, 11) is -4.11. The standard InChI is InChI=1S/C26H36N6O4S/c1-16-12-19(26(6,7)13-16)23-18(24(33)31-37(34,35)20-14-27-29-17(20)2)8-9-21(28-23)32-11-10-22(30-32)36-15-25(3,4)5/h8-11,14,16,19H,12-13,15H2,1-7H3,(H,27,29)(H,31,33)/t16-,19?/m1/s1. The van der Waals surface area contributed by atoms with Gasteiger partial charge in [0, 0.05) is 18.2 Å². The van der Waals surface area contributed by atoms with E-state index in [-0.39, 0.29) is 27.2 Å². The fourth-order valence-electron chi connectivity index (χ4n) is 5.02. The minimum atomic E-state index is -4.11. The third kappa shape index (κ3) is 5.87. The van der Waals surface area contributed by atoms with Gasteiger partial charge in [0.1, 0.15) is 4.90 Å². The van der Waals surface area contributed by atoms with Gasteiger partial charge in [-0.3, -0.25) is 9.89 Å². The van der Waals surface area contributed by atoms with Gasteiger partial charge in [0.15, 0.2) is 5.82 Å². The summed E-state index contributed by atoms with van der Waals surface area (Å²) < 4.78 is 35.4. The lowest BCUT2D eigenvalue weighted by atomic mass is 9.78. The topological polar surface area (TPSA) is 132 Å². The number of aryl methyl sites for hydroxylation is 1. The molecule has 1 fully saturated rings. The van der Waals surface area contributed by atoms with Crippen molar-refractivity contribution in [3.05, 3.63) is 47.5 Å². The van der Waals surface area contributed by atoms with Crippen LogP contribution >= 0.6 is 0 Å². The summed E-state index contributed by atoms with van der Waals surface area (Å²) in [6.45, 7) is 14.9. The Morgan fingerprint density at radius 3 is 2.59 bits per heavy atom. The number of rotatable bonds is 7. The third-order valence-electron chi connectivity index (χ3n) is 6.69. The molecule has 1 aliphatic carbocycles. The first-order valence-corrected chi connectivity index (χ1v) is 13.9. The Morgan fingerprint density at radius 1 is 1.27 bits per heavy atom. The van der Waals surface area contributed by atoms with Crippen molar-refractivity contribution in [1.82, 2.24) is 29.7 Å². The lowest BCUT2D eigenvalue weighted by molar-refractivity contribution is 0.0978. The molecule has 0 aromatic carbocycles. The van der Waals surface area contributed by atoms with E-state index in [0.29, 0.717) is 35.6 Å². The Kier molecular flexibility index (Phi) is 6.96. The smallest absolute Gasteiger partial charge is 0.267 e. The third-order valence-corrected chi connectivity index (χ3v) is 8.14. The van der Waals surface area contributed by atoms with Gasteiger partial charge in [0.05, 0.1) is 29.8 Å². The maximum absolute atomic E-state index is 13.4. The van der Waals surface area contributed by atoms with E-state index in [1.165, 1.54) is 6.20 Å². The van der Waals surface area contributed by atoms with Gasteiger partial charge < -0.3 is 4.74 Å². The van der Waals surface area contributed by atoms with Crippen molar-refractivity contribution in [3.63, 3.8) is 0 Å². The van der Waals surface area contributed by atoms with Gasteiger partial charge in [-0.05, 0) is 48.6 Å². The van der Waals surface area contributed by atoms with Crippen LogP contribution in [-0.4, -0.2) is 45.9 Å². The van der Waals surface area contributed by atoms with E-state index >= 15 is 0 Å². The molecule has 0 radical (unpaired) electrons. The number of hydrogen-bond acceptors (Lipinski definition) is 7. The number of hydrogen-bond donors (Lipinski definition) is 2. The van der Waals surface area contributed by atoms with E-state index in [2.05, 4.69) is 61.6 Å². The van der Waals surface area contributed by atoms with Gasteiger partial charge in [0.2, 0.25) is 5.88 Å². The number of H-pyrrole nitrogens is 1. The molecule has 1 saturated carbocycles. The second-order valence-corrected chi connectivity index (χ2v) is 13.6. The maximum Gasteiger partial charge on any atom is 0.267 e. The number of ether oxygens (including phenoxy) is 1. The quantitative estimate of drug-likeness (QED) is 0.465. The molecule has 1 amide bonds. The Hall–Kier alpha value is -3.21. The second kappa shape index (κ2) is 9.59. The molecule has 37 heavy (non-hydrogen) atoms. The summed E-state index contributed by atoms with van der Waals surface area (Å²) in [5, 5.41) is 10.9. The molecule has 11 heteroatoms. The predicted octanol–water partition coefficient (Wildman–Crippen LogP) is 4.38. The Labute approximate surface area is 218 Å². The van der Waals surface area contributed by atoms with E-state index in [1.807, 2.05) is 0 Å². The molecular formula is C26H36N6O4S. The first kappa shape index (κ1) is 26.8. The lowest BCUT2D eigenvalue weighted by Gasteiger charge is -2.28. The number of nitrogens with zero attached hydrogens (tertiary/aromatic N) is 4. The van der Waals surface area contributed by atoms with Crippen LogP contribution in [0.5, 0.6) is 5.88 Å². The average Bonchev–Trinajstić information content (AvgIpc) is 3.49. The number of aromatic nitrogens is 5. The zero-order valence-corrected chi connectivity index (χ0v) is 23.3. The van der Waals surface area contributed by atoms with Crippen molar-refractivity contribution in [2.75, 3.05) is 6.61 Å². The number of carbonyl (C=O) groups is 1. The molecule has 3 heterocycles. The van der Waals surface area contributed by atoms with Gasteiger partial charge >= 0.3 is 0 Å². The number of nitrogens with one attached hydrogen (secondary N) is 2. The molecule has 0 aliphatic heterocycles. The summed E-state index contributed by atoms with van der Waals surface area (Å²) >= 11 is 0. The first-order chi connectivity index (χ1) is 17.2. The molecule has 0 bridgehead atoms. The van der Waals surface area contributed by atoms with Crippen molar-refractivity contribution in [2.45, 2.75) is 72.1 Å². The van der Waals surface area contributed by atoms with Crippen molar-refractivity contribution < 1.29 is 17.9 Å². The summed E-state index contributed by atoms with van der Waals surface area (Å²) in [5.41, 5.74) is 1.02. The predicted molar refractivity (Wildman–Crippen MR) is 139 cm³/mol. The van der Waals surface area contributed by atoms with Crippen LogP contribution in [0.25, 0.3) is 5.82 Å². The normalized spacial score (nSPS) is 19.6. The van der Waals surface area contributed by atoms with Crippen LogP contribution in [0.15, 0.2) is 35.5 Å². The molecule has 200 valence electrons. The van der Waals surface area contributed by atoms with Crippen molar-refractivity contribution in [3.8, 4) is 11.7 Å². The van der Waals surface area contributed by atoms with Crippen LogP contribution in [0.4, 0.5) is 0 Å². The molecule has 1 unspecified atom stereocenters. The molecule has 0 spiro atoms. The molecule has 0 saturated heterocycles. The molecule has 1 aliphatic rings. The molecule has 3 aromatic rings.